The van der Waals surface area contributed by atoms with Crippen LogP contribution in [0.3, 0.4) is 0 Å². The van der Waals surface area contributed by atoms with Crippen molar-refractivity contribution in [3.8, 4) is 0 Å². The summed E-state index contributed by atoms with van der Waals surface area (Å²) in [6.07, 6.45) is 4.32. The second-order valence-corrected chi connectivity index (χ2v) is 3.71. The first-order chi connectivity index (χ1) is 5.79. The molecule has 0 fully saturated rings. The van der Waals surface area contributed by atoms with E-state index >= 15 is 0 Å². The standard InChI is InChI=1S/C8H16BrN3/c1-3-5-6-12-8(9)11(4-2)7-10-12/h7-8H,3-6H2,1-2H3. The van der Waals surface area contributed by atoms with Gasteiger partial charge in [0, 0.05) is 13.1 Å². The van der Waals surface area contributed by atoms with Crippen LogP contribution in [-0.4, -0.2) is 34.4 Å². The van der Waals surface area contributed by atoms with Gasteiger partial charge in [-0.05, 0) is 29.3 Å². The molecule has 0 aromatic carbocycles. The first-order valence-electron chi connectivity index (χ1n) is 4.50. The maximum atomic E-state index is 4.29. The third-order valence-electron chi connectivity index (χ3n) is 1.97. The molecule has 12 heavy (non-hydrogen) atoms. The lowest BCUT2D eigenvalue weighted by Gasteiger charge is -2.24. The van der Waals surface area contributed by atoms with Crippen LogP contribution in [0.15, 0.2) is 5.10 Å². The molecule has 0 aromatic rings. The normalized spacial score (nSPS) is 22.4. The summed E-state index contributed by atoms with van der Waals surface area (Å²) in [4.78, 5) is 2.16. The highest BCUT2D eigenvalue weighted by molar-refractivity contribution is 9.09. The van der Waals surface area contributed by atoms with Crippen molar-refractivity contribution in [2.45, 2.75) is 31.8 Å². The van der Waals surface area contributed by atoms with Gasteiger partial charge in [-0.3, -0.25) is 5.01 Å². The van der Waals surface area contributed by atoms with E-state index in [0.29, 0.717) is 0 Å². The Morgan fingerprint density at radius 3 is 2.75 bits per heavy atom. The number of unbranched alkanes of at least 4 members (excludes halogenated alkanes) is 1. The Labute approximate surface area is 82.5 Å². The lowest BCUT2D eigenvalue weighted by Crippen LogP contribution is -2.34. The minimum atomic E-state index is 0.272. The maximum Gasteiger partial charge on any atom is 0.175 e. The molecule has 1 unspecified atom stereocenters. The number of hydrogen-bond donors (Lipinski definition) is 0. The largest absolute Gasteiger partial charge is 0.331 e. The van der Waals surface area contributed by atoms with Crippen LogP contribution in [0, 0.1) is 0 Å². The fourth-order valence-corrected chi connectivity index (χ4v) is 1.84. The third-order valence-corrected chi connectivity index (χ3v) is 2.97. The molecule has 0 bridgehead atoms. The molecule has 0 N–H and O–H groups in total. The van der Waals surface area contributed by atoms with Gasteiger partial charge >= 0.3 is 0 Å². The molecule has 0 amide bonds. The Bertz CT molecular complexity index is 160. The summed E-state index contributed by atoms with van der Waals surface area (Å²) >= 11 is 3.59. The van der Waals surface area contributed by atoms with Crippen molar-refractivity contribution in [1.29, 1.82) is 0 Å². The van der Waals surface area contributed by atoms with Gasteiger partial charge in [-0.25, -0.2) is 0 Å². The Morgan fingerprint density at radius 1 is 1.50 bits per heavy atom. The number of hydrogen-bond acceptors (Lipinski definition) is 3. The van der Waals surface area contributed by atoms with Crippen molar-refractivity contribution in [3.63, 3.8) is 0 Å². The van der Waals surface area contributed by atoms with Crippen LogP contribution in [-0.2, 0) is 0 Å². The molecule has 4 heteroatoms. The highest BCUT2D eigenvalue weighted by Gasteiger charge is 2.22. The lowest BCUT2D eigenvalue weighted by molar-refractivity contribution is 0.212. The monoisotopic (exact) mass is 233 g/mol. The van der Waals surface area contributed by atoms with E-state index in [1.807, 2.05) is 6.34 Å². The summed E-state index contributed by atoms with van der Waals surface area (Å²) in [6.45, 7) is 6.37. The van der Waals surface area contributed by atoms with E-state index in [1.54, 1.807) is 0 Å². The molecule has 1 atom stereocenters. The minimum absolute atomic E-state index is 0.272. The molecule has 70 valence electrons. The molecule has 0 saturated heterocycles. The average molecular weight is 234 g/mol. The fourth-order valence-electron chi connectivity index (χ4n) is 1.13. The van der Waals surface area contributed by atoms with Crippen molar-refractivity contribution in [2.24, 2.45) is 5.10 Å². The number of alkyl halides is 1. The van der Waals surface area contributed by atoms with E-state index in [4.69, 9.17) is 0 Å². The van der Waals surface area contributed by atoms with Crippen LogP contribution in [0.25, 0.3) is 0 Å². The zero-order chi connectivity index (χ0) is 8.97. The van der Waals surface area contributed by atoms with Crippen molar-refractivity contribution < 1.29 is 0 Å². The van der Waals surface area contributed by atoms with Crippen LogP contribution in [0.2, 0.25) is 0 Å². The van der Waals surface area contributed by atoms with E-state index < -0.39 is 0 Å². The molecule has 1 rings (SSSR count). The van der Waals surface area contributed by atoms with Gasteiger partial charge in [0.2, 0.25) is 0 Å². The molecule has 0 radical (unpaired) electrons. The first-order valence-corrected chi connectivity index (χ1v) is 5.41. The van der Waals surface area contributed by atoms with E-state index in [-0.39, 0.29) is 5.08 Å². The summed E-state index contributed by atoms with van der Waals surface area (Å²) < 4.78 is 0. The number of hydrazone groups is 1. The summed E-state index contributed by atoms with van der Waals surface area (Å²) in [5.74, 6) is 0. The van der Waals surface area contributed by atoms with Crippen molar-refractivity contribution >= 4 is 22.3 Å². The predicted octanol–water partition coefficient (Wildman–Crippen LogP) is 2.05. The summed E-state index contributed by atoms with van der Waals surface area (Å²) in [7, 11) is 0. The zero-order valence-electron chi connectivity index (χ0n) is 7.70. The zero-order valence-corrected chi connectivity index (χ0v) is 9.29. The molecule has 3 nitrogen and oxygen atoms in total. The molecule has 1 aliphatic rings. The van der Waals surface area contributed by atoms with Gasteiger partial charge in [0.05, 0.1) is 0 Å². The number of rotatable bonds is 4. The van der Waals surface area contributed by atoms with Crippen LogP contribution in [0.1, 0.15) is 26.7 Å². The Hall–Kier alpha value is -0.250. The molecular formula is C8H16BrN3. The fraction of sp³-hybridized carbons (Fsp3) is 0.875. The molecule has 0 spiro atoms. The van der Waals surface area contributed by atoms with Crippen molar-refractivity contribution in [1.82, 2.24) is 9.91 Å². The Morgan fingerprint density at radius 2 is 2.25 bits per heavy atom. The number of nitrogens with zero attached hydrogens (tertiary/aromatic N) is 3. The van der Waals surface area contributed by atoms with E-state index in [2.05, 4.69) is 44.8 Å². The predicted molar refractivity (Wildman–Crippen MR) is 55.2 cm³/mol. The van der Waals surface area contributed by atoms with Gasteiger partial charge in [-0.1, -0.05) is 13.3 Å². The molecule has 1 aliphatic heterocycles. The topological polar surface area (TPSA) is 18.8 Å². The van der Waals surface area contributed by atoms with E-state index in [9.17, 15) is 0 Å². The Balaban J connectivity index is 2.34. The van der Waals surface area contributed by atoms with Gasteiger partial charge < -0.3 is 4.90 Å². The van der Waals surface area contributed by atoms with Crippen LogP contribution >= 0.6 is 15.9 Å². The summed E-state index contributed by atoms with van der Waals surface area (Å²) in [6, 6.07) is 0. The smallest absolute Gasteiger partial charge is 0.175 e. The molecule has 0 aromatic heterocycles. The lowest BCUT2D eigenvalue weighted by atomic mass is 10.3. The molecule has 0 aliphatic carbocycles. The van der Waals surface area contributed by atoms with Crippen molar-refractivity contribution in [2.75, 3.05) is 13.1 Å². The quantitative estimate of drug-likeness (QED) is 0.547. The van der Waals surface area contributed by atoms with Gasteiger partial charge in [-0.2, -0.15) is 5.10 Å². The van der Waals surface area contributed by atoms with Gasteiger partial charge in [0.25, 0.3) is 0 Å². The SMILES string of the molecule is CCCCN1N=CN(CC)C1Br. The second kappa shape index (κ2) is 4.70. The second-order valence-electron chi connectivity index (χ2n) is 2.89. The summed E-state index contributed by atoms with van der Waals surface area (Å²) in [5.41, 5.74) is 0. The molecule has 0 saturated carbocycles. The molecular weight excluding hydrogens is 218 g/mol. The van der Waals surface area contributed by atoms with Crippen LogP contribution in [0.5, 0.6) is 0 Å². The summed E-state index contributed by atoms with van der Waals surface area (Å²) in [5, 5.41) is 6.64. The Kier molecular flexibility index (Phi) is 3.85. The van der Waals surface area contributed by atoms with Crippen LogP contribution < -0.4 is 0 Å². The number of halogens is 1. The highest BCUT2D eigenvalue weighted by Crippen LogP contribution is 2.17. The minimum Gasteiger partial charge on any atom is -0.331 e. The third kappa shape index (κ3) is 2.12. The van der Waals surface area contributed by atoms with Gasteiger partial charge in [0.15, 0.2) is 5.08 Å². The van der Waals surface area contributed by atoms with Gasteiger partial charge in [-0.15, -0.1) is 0 Å². The highest BCUT2D eigenvalue weighted by atomic mass is 79.9. The maximum absolute atomic E-state index is 4.29. The van der Waals surface area contributed by atoms with Crippen LogP contribution in [0.4, 0.5) is 0 Å². The van der Waals surface area contributed by atoms with Crippen molar-refractivity contribution in [3.05, 3.63) is 0 Å². The molecule has 1 heterocycles. The first kappa shape index (κ1) is 9.84. The van der Waals surface area contributed by atoms with E-state index in [1.165, 1.54) is 12.8 Å². The van der Waals surface area contributed by atoms with Gasteiger partial charge in [0.1, 0.15) is 6.34 Å². The van der Waals surface area contributed by atoms with E-state index in [0.717, 1.165) is 13.1 Å². The average Bonchev–Trinajstić information content (AvgIpc) is 2.43.